The van der Waals surface area contributed by atoms with Crippen LogP contribution in [0.25, 0.3) is 0 Å². The van der Waals surface area contributed by atoms with Gasteiger partial charge in [-0.05, 0) is 31.0 Å². The zero-order valence-electron chi connectivity index (χ0n) is 11.3. The summed E-state index contributed by atoms with van der Waals surface area (Å²) in [5.41, 5.74) is 0.627. The SMILES string of the molecule is O=C(c1cccc2c1OCCO2)N1C[C@@H]2CCN[C@@H]2C1. The highest BCUT2D eigenvalue weighted by Gasteiger charge is 2.39. The molecule has 3 aliphatic rings. The molecule has 5 heteroatoms. The van der Waals surface area contributed by atoms with Crippen molar-refractivity contribution in [2.45, 2.75) is 12.5 Å². The van der Waals surface area contributed by atoms with Crippen molar-refractivity contribution < 1.29 is 14.3 Å². The summed E-state index contributed by atoms with van der Waals surface area (Å²) >= 11 is 0. The molecule has 4 rings (SSSR count). The van der Waals surface area contributed by atoms with Gasteiger partial charge in [0.1, 0.15) is 13.2 Å². The van der Waals surface area contributed by atoms with Crippen molar-refractivity contribution in [1.29, 1.82) is 0 Å². The van der Waals surface area contributed by atoms with Crippen molar-refractivity contribution in [3.63, 3.8) is 0 Å². The number of fused-ring (bicyclic) bond motifs is 2. The highest BCUT2D eigenvalue weighted by atomic mass is 16.6. The summed E-state index contributed by atoms with van der Waals surface area (Å²) in [7, 11) is 0. The molecule has 2 saturated heterocycles. The number of nitrogens with one attached hydrogen (secondary N) is 1. The molecule has 5 nitrogen and oxygen atoms in total. The molecule has 0 spiro atoms. The molecule has 0 aromatic heterocycles. The molecule has 3 aliphatic heterocycles. The zero-order chi connectivity index (χ0) is 13.5. The van der Waals surface area contributed by atoms with E-state index < -0.39 is 0 Å². The molecule has 1 amide bonds. The lowest BCUT2D eigenvalue weighted by Gasteiger charge is -2.23. The first kappa shape index (κ1) is 12.0. The van der Waals surface area contributed by atoms with Crippen LogP contribution in [0.15, 0.2) is 18.2 Å². The maximum Gasteiger partial charge on any atom is 0.257 e. The van der Waals surface area contributed by atoms with Crippen LogP contribution in [0, 0.1) is 5.92 Å². The Morgan fingerprint density at radius 3 is 3.05 bits per heavy atom. The molecule has 0 saturated carbocycles. The highest BCUT2D eigenvalue weighted by molar-refractivity contribution is 5.98. The Morgan fingerprint density at radius 2 is 2.15 bits per heavy atom. The Bertz CT molecular complexity index is 534. The van der Waals surface area contributed by atoms with Crippen molar-refractivity contribution in [2.75, 3.05) is 32.8 Å². The van der Waals surface area contributed by atoms with Crippen LogP contribution in [0.3, 0.4) is 0 Å². The van der Waals surface area contributed by atoms with Gasteiger partial charge < -0.3 is 19.7 Å². The summed E-state index contributed by atoms with van der Waals surface area (Å²) in [6.07, 6.45) is 1.17. The van der Waals surface area contributed by atoms with Crippen molar-refractivity contribution in [1.82, 2.24) is 10.2 Å². The molecular formula is C15H18N2O3. The number of nitrogens with zero attached hydrogens (tertiary/aromatic N) is 1. The molecule has 3 heterocycles. The van der Waals surface area contributed by atoms with Gasteiger partial charge in [-0.25, -0.2) is 0 Å². The molecule has 2 atom stereocenters. The largest absolute Gasteiger partial charge is 0.486 e. The molecule has 0 bridgehead atoms. The number of para-hydroxylation sites is 1. The Kier molecular flexibility index (Phi) is 2.80. The second-order valence-electron chi connectivity index (χ2n) is 5.65. The number of likely N-dealkylation sites (tertiary alicyclic amines) is 1. The third kappa shape index (κ3) is 1.85. The van der Waals surface area contributed by atoms with Crippen LogP contribution in [0.5, 0.6) is 11.5 Å². The van der Waals surface area contributed by atoms with Gasteiger partial charge in [-0.2, -0.15) is 0 Å². The second-order valence-corrected chi connectivity index (χ2v) is 5.65. The maximum atomic E-state index is 12.7. The van der Waals surface area contributed by atoms with Crippen molar-refractivity contribution in [3.8, 4) is 11.5 Å². The predicted molar refractivity (Wildman–Crippen MR) is 73.2 cm³/mol. The minimum absolute atomic E-state index is 0.0588. The third-order valence-electron chi connectivity index (χ3n) is 4.45. The van der Waals surface area contributed by atoms with Crippen LogP contribution < -0.4 is 14.8 Å². The van der Waals surface area contributed by atoms with E-state index in [1.807, 2.05) is 23.1 Å². The van der Waals surface area contributed by atoms with Gasteiger partial charge >= 0.3 is 0 Å². The van der Waals surface area contributed by atoms with Crippen LogP contribution in [0.2, 0.25) is 0 Å². The summed E-state index contributed by atoms with van der Waals surface area (Å²) < 4.78 is 11.2. The van der Waals surface area contributed by atoms with E-state index in [1.54, 1.807) is 0 Å². The molecule has 0 aliphatic carbocycles. The van der Waals surface area contributed by atoms with Gasteiger partial charge in [0.2, 0.25) is 0 Å². The fraction of sp³-hybridized carbons (Fsp3) is 0.533. The number of amides is 1. The first-order valence-corrected chi connectivity index (χ1v) is 7.24. The third-order valence-corrected chi connectivity index (χ3v) is 4.45. The van der Waals surface area contributed by atoms with E-state index in [4.69, 9.17) is 9.47 Å². The van der Waals surface area contributed by atoms with Gasteiger partial charge in [0.25, 0.3) is 5.91 Å². The first-order valence-electron chi connectivity index (χ1n) is 7.24. The van der Waals surface area contributed by atoms with Crippen LogP contribution in [-0.2, 0) is 0 Å². The highest BCUT2D eigenvalue weighted by Crippen LogP contribution is 2.35. The van der Waals surface area contributed by atoms with Crippen molar-refractivity contribution >= 4 is 5.91 Å². The van der Waals surface area contributed by atoms with E-state index in [0.717, 1.165) is 19.6 Å². The number of hydrogen-bond donors (Lipinski definition) is 1. The molecule has 20 heavy (non-hydrogen) atoms. The molecule has 1 N–H and O–H groups in total. The van der Waals surface area contributed by atoms with E-state index in [0.29, 0.717) is 42.2 Å². The van der Waals surface area contributed by atoms with Gasteiger partial charge in [-0.15, -0.1) is 0 Å². The van der Waals surface area contributed by atoms with Gasteiger partial charge in [0.05, 0.1) is 5.56 Å². The molecule has 106 valence electrons. The van der Waals surface area contributed by atoms with Gasteiger partial charge in [-0.3, -0.25) is 4.79 Å². The number of benzene rings is 1. The average molecular weight is 274 g/mol. The van der Waals surface area contributed by atoms with E-state index in [2.05, 4.69) is 5.32 Å². The molecule has 1 aromatic rings. The molecule has 0 unspecified atom stereocenters. The molecule has 1 aromatic carbocycles. The number of ether oxygens (including phenoxy) is 2. The van der Waals surface area contributed by atoms with Crippen LogP contribution in [0.1, 0.15) is 16.8 Å². The quantitative estimate of drug-likeness (QED) is 0.826. The predicted octanol–water partition coefficient (Wildman–Crippen LogP) is 0.892. The van der Waals surface area contributed by atoms with E-state index in [-0.39, 0.29) is 5.91 Å². The second kappa shape index (κ2) is 4.66. The number of carbonyl (C=O) groups is 1. The monoisotopic (exact) mass is 274 g/mol. The lowest BCUT2D eigenvalue weighted by molar-refractivity contribution is 0.0772. The van der Waals surface area contributed by atoms with Gasteiger partial charge in [0.15, 0.2) is 11.5 Å². The van der Waals surface area contributed by atoms with E-state index in [9.17, 15) is 4.79 Å². The summed E-state index contributed by atoms with van der Waals surface area (Å²) in [6.45, 7) is 3.77. The molecular weight excluding hydrogens is 256 g/mol. The Balaban J connectivity index is 1.60. The number of carbonyl (C=O) groups excluding carboxylic acids is 1. The summed E-state index contributed by atoms with van der Waals surface area (Å²) in [4.78, 5) is 14.7. The first-order chi connectivity index (χ1) is 9.83. The lowest BCUT2D eigenvalue weighted by atomic mass is 10.1. The summed E-state index contributed by atoms with van der Waals surface area (Å²) in [6, 6.07) is 6.01. The Labute approximate surface area is 117 Å². The average Bonchev–Trinajstić information content (AvgIpc) is 3.07. The van der Waals surface area contributed by atoms with E-state index >= 15 is 0 Å². The smallest absolute Gasteiger partial charge is 0.257 e. The lowest BCUT2D eigenvalue weighted by Crippen LogP contribution is -2.34. The van der Waals surface area contributed by atoms with Crippen LogP contribution in [-0.4, -0.2) is 49.7 Å². The van der Waals surface area contributed by atoms with Crippen LogP contribution in [0.4, 0.5) is 0 Å². The van der Waals surface area contributed by atoms with Crippen LogP contribution >= 0.6 is 0 Å². The Hall–Kier alpha value is -1.75. The van der Waals surface area contributed by atoms with Gasteiger partial charge in [-0.1, -0.05) is 6.07 Å². The summed E-state index contributed by atoms with van der Waals surface area (Å²) in [5.74, 6) is 1.95. The van der Waals surface area contributed by atoms with Crippen molar-refractivity contribution in [3.05, 3.63) is 23.8 Å². The topological polar surface area (TPSA) is 50.8 Å². The van der Waals surface area contributed by atoms with Gasteiger partial charge in [0, 0.05) is 19.1 Å². The van der Waals surface area contributed by atoms with Crippen molar-refractivity contribution in [2.24, 2.45) is 5.92 Å². The molecule has 2 fully saturated rings. The normalized spacial score (nSPS) is 27.5. The number of rotatable bonds is 1. The minimum atomic E-state index is 0.0588. The Morgan fingerprint density at radius 1 is 1.25 bits per heavy atom. The fourth-order valence-corrected chi connectivity index (χ4v) is 3.43. The molecule has 0 radical (unpaired) electrons. The minimum Gasteiger partial charge on any atom is -0.486 e. The maximum absolute atomic E-state index is 12.7. The standard InChI is InChI=1S/C15H18N2O3/c18-15(17-8-10-4-5-16-12(10)9-17)11-2-1-3-13-14(11)20-7-6-19-13/h1-3,10,12,16H,4-9H2/t10-,12+/m0/s1. The van der Waals surface area contributed by atoms with E-state index in [1.165, 1.54) is 6.42 Å². The zero-order valence-corrected chi connectivity index (χ0v) is 11.3. The number of hydrogen-bond acceptors (Lipinski definition) is 4. The summed E-state index contributed by atoms with van der Waals surface area (Å²) in [5, 5.41) is 3.47. The fourth-order valence-electron chi connectivity index (χ4n) is 3.43.